The molecule has 0 aliphatic heterocycles. The minimum absolute atomic E-state index is 0.0126. The fraction of sp³-hybridized carbons (Fsp3) is 0.294. The molecule has 102 valence electrons. The molecule has 0 bridgehead atoms. The molecule has 0 aliphatic rings. The molecular formula is C17H18N2O. The lowest BCUT2D eigenvalue weighted by atomic mass is 10.0. The van der Waals surface area contributed by atoms with Gasteiger partial charge in [-0.25, -0.2) is 0 Å². The van der Waals surface area contributed by atoms with Gasteiger partial charge in [-0.2, -0.15) is 5.26 Å². The number of likely N-dealkylation sites (N-methyl/N-ethyl adjacent to an activating group) is 1. The van der Waals surface area contributed by atoms with E-state index in [0.29, 0.717) is 13.1 Å². The Labute approximate surface area is 119 Å². The quantitative estimate of drug-likeness (QED) is 0.835. The van der Waals surface area contributed by atoms with Gasteiger partial charge in [-0.15, -0.1) is 0 Å². The van der Waals surface area contributed by atoms with E-state index in [9.17, 15) is 4.79 Å². The predicted molar refractivity (Wildman–Crippen MR) is 80.3 cm³/mol. The Morgan fingerprint density at radius 2 is 1.90 bits per heavy atom. The average molecular weight is 266 g/mol. The van der Waals surface area contributed by atoms with Crippen LogP contribution in [0.4, 0.5) is 0 Å². The Kier molecular flexibility index (Phi) is 4.49. The Hall–Kier alpha value is -2.18. The molecule has 0 aliphatic carbocycles. The summed E-state index contributed by atoms with van der Waals surface area (Å²) >= 11 is 0. The van der Waals surface area contributed by atoms with Gasteiger partial charge in [-0.05, 0) is 36.4 Å². The van der Waals surface area contributed by atoms with E-state index in [1.165, 1.54) is 21.9 Å². The molecular weight excluding hydrogens is 248 g/mol. The van der Waals surface area contributed by atoms with Crippen LogP contribution in [0.15, 0.2) is 36.4 Å². The molecule has 2 rings (SSSR count). The second kappa shape index (κ2) is 6.31. The van der Waals surface area contributed by atoms with Gasteiger partial charge < -0.3 is 0 Å². The summed E-state index contributed by atoms with van der Waals surface area (Å²) in [5.74, 6) is -0.0357. The molecule has 2 aromatic carbocycles. The Bertz CT molecular complexity index is 670. The molecule has 0 aromatic heterocycles. The van der Waals surface area contributed by atoms with E-state index >= 15 is 0 Å². The molecule has 0 spiro atoms. The van der Waals surface area contributed by atoms with Crippen LogP contribution in [0.5, 0.6) is 0 Å². The monoisotopic (exact) mass is 266 g/mol. The van der Waals surface area contributed by atoms with Crippen molar-refractivity contribution in [2.75, 3.05) is 13.6 Å². The number of hydrogen-bond acceptors (Lipinski definition) is 3. The standard InChI is InChI=1S/C17H18N2O/c1-13-3-5-16-10-14(4-6-15(16)9-13)11-19(2)12-17(20)7-8-18/h3-6,9-10H,7,11-12H2,1-2H3. The zero-order valence-electron chi connectivity index (χ0n) is 11.9. The van der Waals surface area contributed by atoms with E-state index < -0.39 is 0 Å². The highest BCUT2D eigenvalue weighted by atomic mass is 16.1. The maximum Gasteiger partial charge on any atom is 0.160 e. The number of aryl methyl sites for hydroxylation is 1. The largest absolute Gasteiger partial charge is 0.297 e. The van der Waals surface area contributed by atoms with Crippen molar-refractivity contribution in [1.82, 2.24) is 4.90 Å². The van der Waals surface area contributed by atoms with Crippen LogP contribution in [0.2, 0.25) is 0 Å². The van der Waals surface area contributed by atoms with Gasteiger partial charge >= 0.3 is 0 Å². The summed E-state index contributed by atoms with van der Waals surface area (Å²) in [6, 6.07) is 14.6. The molecule has 0 amide bonds. The van der Waals surface area contributed by atoms with Crippen molar-refractivity contribution in [1.29, 1.82) is 5.26 Å². The van der Waals surface area contributed by atoms with Crippen LogP contribution in [0, 0.1) is 18.3 Å². The summed E-state index contributed by atoms with van der Waals surface area (Å²) < 4.78 is 0. The molecule has 0 radical (unpaired) electrons. The van der Waals surface area contributed by atoms with Gasteiger partial charge in [0.1, 0.15) is 0 Å². The van der Waals surface area contributed by atoms with Crippen molar-refractivity contribution in [3.8, 4) is 6.07 Å². The van der Waals surface area contributed by atoms with Gasteiger partial charge in [-0.3, -0.25) is 9.69 Å². The number of carbonyl (C=O) groups is 1. The average Bonchev–Trinajstić information content (AvgIpc) is 2.39. The van der Waals surface area contributed by atoms with Crippen molar-refractivity contribution in [2.24, 2.45) is 0 Å². The molecule has 0 N–H and O–H groups in total. The first-order valence-electron chi connectivity index (χ1n) is 6.65. The number of fused-ring (bicyclic) bond motifs is 1. The van der Waals surface area contributed by atoms with Gasteiger partial charge in [0.15, 0.2) is 5.78 Å². The number of nitrogens with zero attached hydrogens (tertiary/aromatic N) is 2. The third kappa shape index (κ3) is 3.66. The van der Waals surface area contributed by atoms with E-state index in [1.54, 1.807) is 0 Å². The van der Waals surface area contributed by atoms with E-state index in [2.05, 4.69) is 43.3 Å². The molecule has 0 saturated carbocycles. The van der Waals surface area contributed by atoms with Crippen LogP contribution < -0.4 is 0 Å². The molecule has 0 fully saturated rings. The van der Waals surface area contributed by atoms with Crippen molar-refractivity contribution < 1.29 is 4.79 Å². The molecule has 2 aromatic rings. The molecule has 3 heteroatoms. The van der Waals surface area contributed by atoms with Gasteiger partial charge in [0, 0.05) is 6.54 Å². The summed E-state index contributed by atoms with van der Waals surface area (Å²) in [6.45, 7) is 3.11. The number of rotatable bonds is 5. The van der Waals surface area contributed by atoms with E-state index in [-0.39, 0.29) is 12.2 Å². The smallest absolute Gasteiger partial charge is 0.160 e. The highest BCUT2D eigenvalue weighted by molar-refractivity contribution is 5.84. The van der Waals surface area contributed by atoms with Crippen molar-refractivity contribution in [2.45, 2.75) is 19.9 Å². The molecule has 0 heterocycles. The SMILES string of the molecule is Cc1ccc2cc(CN(C)CC(=O)CC#N)ccc2c1. The minimum atomic E-state index is -0.0357. The molecule has 20 heavy (non-hydrogen) atoms. The van der Waals surface area contributed by atoms with Crippen LogP contribution in [0.25, 0.3) is 10.8 Å². The predicted octanol–water partition coefficient (Wildman–Crippen LogP) is 3.06. The number of nitriles is 1. The van der Waals surface area contributed by atoms with E-state index in [1.807, 2.05) is 18.0 Å². The van der Waals surface area contributed by atoms with Gasteiger partial charge in [0.2, 0.25) is 0 Å². The van der Waals surface area contributed by atoms with Crippen LogP contribution in [0.1, 0.15) is 17.5 Å². The lowest BCUT2D eigenvalue weighted by molar-refractivity contribution is -0.119. The normalized spacial score (nSPS) is 10.7. The Balaban J connectivity index is 2.08. The first kappa shape index (κ1) is 14.2. The van der Waals surface area contributed by atoms with Crippen LogP contribution in [-0.2, 0) is 11.3 Å². The van der Waals surface area contributed by atoms with Crippen molar-refractivity contribution >= 4 is 16.6 Å². The highest BCUT2D eigenvalue weighted by Gasteiger charge is 2.07. The minimum Gasteiger partial charge on any atom is -0.297 e. The summed E-state index contributed by atoms with van der Waals surface area (Å²) in [5.41, 5.74) is 2.43. The highest BCUT2D eigenvalue weighted by Crippen LogP contribution is 2.18. The first-order valence-corrected chi connectivity index (χ1v) is 6.65. The molecule has 0 saturated heterocycles. The van der Waals surface area contributed by atoms with Crippen LogP contribution in [0.3, 0.4) is 0 Å². The molecule has 0 unspecified atom stereocenters. The van der Waals surface area contributed by atoms with Gasteiger partial charge in [0.05, 0.1) is 19.0 Å². The maximum atomic E-state index is 11.4. The fourth-order valence-corrected chi connectivity index (χ4v) is 2.33. The summed E-state index contributed by atoms with van der Waals surface area (Å²) in [7, 11) is 1.90. The number of benzene rings is 2. The number of carbonyl (C=O) groups excluding carboxylic acids is 1. The summed E-state index contributed by atoms with van der Waals surface area (Å²) in [6.07, 6.45) is -0.0126. The third-order valence-corrected chi connectivity index (χ3v) is 3.24. The Morgan fingerprint density at radius 1 is 1.20 bits per heavy atom. The maximum absolute atomic E-state index is 11.4. The van der Waals surface area contributed by atoms with Gasteiger partial charge in [0.25, 0.3) is 0 Å². The van der Waals surface area contributed by atoms with Crippen molar-refractivity contribution in [3.63, 3.8) is 0 Å². The van der Waals surface area contributed by atoms with E-state index in [4.69, 9.17) is 5.26 Å². The molecule has 0 atom stereocenters. The number of ketones is 1. The fourth-order valence-electron chi connectivity index (χ4n) is 2.33. The zero-order valence-corrected chi connectivity index (χ0v) is 11.9. The summed E-state index contributed by atoms with van der Waals surface area (Å²) in [4.78, 5) is 13.4. The molecule has 3 nitrogen and oxygen atoms in total. The van der Waals surface area contributed by atoms with Crippen molar-refractivity contribution in [3.05, 3.63) is 47.5 Å². The summed E-state index contributed by atoms with van der Waals surface area (Å²) in [5, 5.41) is 10.9. The van der Waals surface area contributed by atoms with E-state index in [0.717, 1.165) is 0 Å². The third-order valence-electron chi connectivity index (χ3n) is 3.24. The lowest BCUT2D eigenvalue weighted by Gasteiger charge is -2.15. The topological polar surface area (TPSA) is 44.1 Å². The second-order valence-corrected chi connectivity index (χ2v) is 5.23. The first-order chi connectivity index (χ1) is 9.58. The Morgan fingerprint density at radius 3 is 2.65 bits per heavy atom. The number of hydrogen-bond donors (Lipinski definition) is 0. The van der Waals surface area contributed by atoms with Gasteiger partial charge in [-0.1, -0.05) is 35.9 Å². The zero-order chi connectivity index (χ0) is 14.5. The second-order valence-electron chi connectivity index (χ2n) is 5.23. The lowest BCUT2D eigenvalue weighted by Crippen LogP contribution is -2.25. The number of Topliss-reactive ketones (excluding diaryl/α,β-unsaturated/α-hetero) is 1. The van der Waals surface area contributed by atoms with Crippen LogP contribution >= 0.6 is 0 Å². The van der Waals surface area contributed by atoms with Crippen LogP contribution in [-0.4, -0.2) is 24.3 Å².